The Morgan fingerprint density at radius 2 is 2.31 bits per heavy atom. The van der Waals surface area contributed by atoms with Crippen molar-refractivity contribution in [2.24, 2.45) is 0 Å². The van der Waals surface area contributed by atoms with Gasteiger partial charge in [-0.25, -0.2) is 4.98 Å². The van der Waals surface area contributed by atoms with E-state index in [0.717, 1.165) is 16.6 Å². The topological polar surface area (TPSA) is 70.1 Å². The lowest BCUT2D eigenvalue weighted by molar-refractivity contribution is -0.141. The van der Waals surface area contributed by atoms with Gasteiger partial charge in [-0.3, -0.25) is 9.36 Å². The number of imidazole rings is 1. The second kappa shape index (κ2) is 3.84. The maximum atomic E-state index is 11.2. The molecule has 16 heavy (non-hydrogen) atoms. The summed E-state index contributed by atoms with van der Waals surface area (Å²) in [6.45, 7) is 2.04. The van der Waals surface area contributed by atoms with Crippen molar-refractivity contribution in [3.63, 3.8) is 0 Å². The molecule has 0 saturated heterocycles. The number of aryl methyl sites for hydroxylation is 1. The molecule has 5 nitrogen and oxygen atoms in total. The number of hydrogen-bond acceptors (Lipinski definition) is 4. The Labute approximate surface area is 92.8 Å². The Morgan fingerprint density at radius 3 is 3.00 bits per heavy atom. The predicted molar refractivity (Wildman–Crippen MR) is 60.9 cm³/mol. The van der Waals surface area contributed by atoms with Crippen LogP contribution >= 0.6 is 0 Å². The smallest absolute Gasteiger partial charge is 0.325 e. The Bertz CT molecular complexity index is 545. The van der Waals surface area contributed by atoms with Gasteiger partial charge in [0.25, 0.3) is 0 Å². The van der Waals surface area contributed by atoms with Crippen LogP contribution in [0.3, 0.4) is 0 Å². The number of nitrogens with zero attached hydrogens (tertiary/aromatic N) is 2. The van der Waals surface area contributed by atoms with E-state index < -0.39 is 0 Å². The van der Waals surface area contributed by atoms with Crippen molar-refractivity contribution in [3.8, 4) is 0 Å². The van der Waals surface area contributed by atoms with Crippen molar-refractivity contribution in [1.29, 1.82) is 0 Å². The molecule has 1 aromatic carbocycles. The van der Waals surface area contributed by atoms with Crippen molar-refractivity contribution < 1.29 is 9.53 Å². The van der Waals surface area contributed by atoms with Crippen LogP contribution in [0.5, 0.6) is 0 Å². The van der Waals surface area contributed by atoms with Crippen molar-refractivity contribution >= 4 is 23.0 Å². The third-order valence-corrected chi connectivity index (χ3v) is 2.53. The molecular formula is C11H13N3O2. The van der Waals surface area contributed by atoms with Gasteiger partial charge < -0.3 is 10.5 Å². The average molecular weight is 219 g/mol. The van der Waals surface area contributed by atoms with Crippen LogP contribution in [-0.2, 0) is 16.1 Å². The van der Waals surface area contributed by atoms with E-state index in [9.17, 15) is 4.79 Å². The van der Waals surface area contributed by atoms with Gasteiger partial charge in [0.05, 0.1) is 18.1 Å². The van der Waals surface area contributed by atoms with Gasteiger partial charge in [0.2, 0.25) is 5.95 Å². The molecule has 1 heterocycles. The fourth-order valence-electron chi connectivity index (χ4n) is 1.66. The molecule has 0 aliphatic rings. The zero-order valence-electron chi connectivity index (χ0n) is 9.23. The van der Waals surface area contributed by atoms with Crippen LogP contribution in [0.2, 0.25) is 0 Å². The fourth-order valence-corrected chi connectivity index (χ4v) is 1.66. The van der Waals surface area contributed by atoms with Crippen molar-refractivity contribution in [1.82, 2.24) is 9.55 Å². The summed E-state index contributed by atoms with van der Waals surface area (Å²) in [6.07, 6.45) is 0. The van der Waals surface area contributed by atoms with Gasteiger partial charge in [-0.2, -0.15) is 0 Å². The number of ether oxygens (including phenoxy) is 1. The number of anilines is 1. The average Bonchev–Trinajstić information content (AvgIpc) is 2.58. The van der Waals surface area contributed by atoms with E-state index in [-0.39, 0.29) is 12.5 Å². The lowest BCUT2D eigenvalue weighted by Crippen LogP contribution is -2.13. The number of carbonyl (C=O) groups excluding carboxylic acids is 1. The number of hydrogen-bond donors (Lipinski definition) is 1. The first-order valence-electron chi connectivity index (χ1n) is 4.91. The maximum Gasteiger partial charge on any atom is 0.325 e. The minimum absolute atomic E-state index is 0.0856. The summed E-state index contributed by atoms with van der Waals surface area (Å²) in [5.41, 5.74) is 8.48. The molecule has 0 atom stereocenters. The standard InChI is InChI=1S/C11H13N3O2/c1-7-4-3-5-8-10(7)13-11(12)14(8)6-9(15)16-2/h3-5H,6H2,1-2H3,(H2,12,13). The highest BCUT2D eigenvalue weighted by Gasteiger charge is 2.12. The molecule has 2 N–H and O–H groups in total. The zero-order valence-corrected chi connectivity index (χ0v) is 9.23. The lowest BCUT2D eigenvalue weighted by atomic mass is 10.2. The second-order valence-corrected chi connectivity index (χ2v) is 3.57. The van der Waals surface area contributed by atoms with Crippen LogP contribution in [0.25, 0.3) is 11.0 Å². The molecule has 1 aromatic heterocycles. The number of benzene rings is 1. The highest BCUT2D eigenvalue weighted by atomic mass is 16.5. The largest absolute Gasteiger partial charge is 0.468 e. The quantitative estimate of drug-likeness (QED) is 0.768. The van der Waals surface area contributed by atoms with Gasteiger partial charge in [0.1, 0.15) is 6.54 Å². The number of rotatable bonds is 2. The number of esters is 1. The number of methoxy groups -OCH3 is 1. The first kappa shape index (κ1) is 10.5. The molecule has 5 heteroatoms. The Kier molecular flexibility index (Phi) is 2.52. The lowest BCUT2D eigenvalue weighted by Gasteiger charge is -2.04. The molecule has 0 bridgehead atoms. The molecule has 84 valence electrons. The van der Waals surface area contributed by atoms with E-state index in [0.29, 0.717) is 5.95 Å². The highest BCUT2D eigenvalue weighted by Crippen LogP contribution is 2.20. The SMILES string of the molecule is COC(=O)Cn1c(N)nc2c(C)cccc21. The number of carbonyl (C=O) groups is 1. The van der Waals surface area contributed by atoms with Crippen molar-refractivity contribution in [2.75, 3.05) is 12.8 Å². The number of nitrogen functional groups attached to an aromatic ring is 1. The van der Waals surface area contributed by atoms with Crippen LogP contribution in [0.4, 0.5) is 5.95 Å². The van der Waals surface area contributed by atoms with Crippen LogP contribution in [0.1, 0.15) is 5.56 Å². The minimum atomic E-state index is -0.340. The van der Waals surface area contributed by atoms with E-state index in [2.05, 4.69) is 9.72 Å². The summed E-state index contributed by atoms with van der Waals surface area (Å²) >= 11 is 0. The van der Waals surface area contributed by atoms with E-state index in [1.54, 1.807) is 4.57 Å². The molecule has 0 aliphatic carbocycles. The number of para-hydroxylation sites is 1. The summed E-state index contributed by atoms with van der Waals surface area (Å²) in [5, 5.41) is 0. The van der Waals surface area contributed by atoms with E-state index in [1.165, 1.54) is 7.11 Å². The monoisotopic (exact) mass is 219 g/mol. The highest BCUT2D eigenvalue weighted by molar-refractivity contribution is 5.83. The summed E-state index contributed by atoms with van der Waals surface area (Å²) in [6, 6.07) is 5.75. The second-order valence-electron chi connectivity index (χ2n) is 3.57. The number of aromatic nitrogens is 2. The Morgan fingerprint density at radius 1 is 1.56 bits per heavy atom. The molecule has 0 fully saturated rings. The number of fused-ring (bicyclic) bond motifs is 1. The number of nitrogens with two attached hydrogens (primary N) is 1. The van der Waals surface area contributed by atoms with Gasteiger partial charge in [0.15, 0.2) is 0 Å². The van der Waals surface area contributed by atoms with Gasteiger partial charge in [-0.15, -0.1) is 0 Å². The molecule has 0 spiro atoms. The molecule has 0 aliphatic heterocycles. The summed E-state index contributed by atoms with van der Waals surface area (Å²) < 4.78 is 6.26. The molecule has 0 radical (unpaired) electrons. The first-order valence-corrected chi connectivity index (χ1v) is 4.91. The summed E-state index contributed by atoms with van der Waals surface area (Å²) in [5.74, 6) is -0.0118. The van der Waals surface area contributed by atoms with Crippen LogP contribution < -0.4 is 5.73 Å². The van der Waals surface area contributed by atoms with Crippen molar-refractivity contribution in [2.45, 2.75) is 13.5 Å². The normalized spacial score (nSPS) is 10.6. The molecule has 2 aromatic rings. The van der Waals surface area contributed by atoms with E-state index in [4.69, 9.17) is 5.73 Å². The van der Waals surface area contributed by atoms with Gasteiger partial charge in [-0.1, -0.05) is 12.1 Å². The van der Waals surface area contributed by atoms with Gasteiger partial charge in [0, 0.05) is 0 Å². The van der Waals surface area contributed by atoms with Crippen LogP contribution in [0, 0.1) is 6.92 Å². The minimum Gasteiger partial charge on any atom is -0.468 e. The Hall–Kier alpha value is -2.04. The third kappa shape index (κ3) is 1.60. The first-order chi connectivity index (χ1) is 7.63. The van der Waals surface area contributed by atoms with Gasteiger partial charge >= 0.3 is 5.97 Å². The Balaban J connectivity index is 2.56. The molecule has 0 amide bonds. The zero-order chi connectivity index (χ0) is 11.7. The van der Waals surface area contributed by atoms with Crippen LogP contribution in [-0.4, -0.2) is 22.6 Å². The van der Waals surface area contributed by atoms with E-state index >= 15 is 0 Å². The van der Waals surface area contributed by atoms with Gasteiger partial charge in [-0.05, 0) is 18.6 Å². The molecule has 0 saturated carbocycles. The fraction of sp³-hybridized carbons (Fsp3) is 0.273. The predicted octanol–water partition coefficient (Wildman–Crippen LogP) is 1.10. The maximum absolute atomic E-state index is 11.2. The van der Waals surface area contributed by atoms with Crippen LogP contribution in [0.15, 0.2) is 18.2 Å². The summed E-state index contributed by atoms with van der Waals surface area (Å²) in [7, 11) is 1.35. The summed E-state index contributed by atoms with van der Waals surface area (Å²) in [4.78, 5) is 15.5. The van der Waals surface area contributed by atoms with Crippen molar-refractivity contribution in [3.05, 3.63) is 23.8 Å². The molecular weight excluding hydrogens is 206 g/mol. The molecule has 0 unspecified atom stereocenters. The van der Waals surface area contributed by atoms with E-state index in [1.807, 2.05) is 25.1 Å². The third-order valence-electron chi connectivity index (χ3n) is 2.53. The molecule has 2 rings (SSSR count).